The minimum absolute atomic E-state index is 0.128. The molecule has 0 amide bonds. The predicted molar refractivity (Wildman–Crippen MR) is 36.6 cm³/mol. The van der Waals surface area contributed by atoms with Gasteiger partial charge in [-0.1, -0.05) is 0 Å². The van der Waals surface area contributed by atoms with Gasteiger partial charge in [0.25, 0.3) is 0 Å². The van der Waals surface area contributed by atoms with Crippen LogP contribution in [0, 0.1) is 0 Å². The van der Waals surface area contributed by atoms with Crippen molar-refractivity contribution in [1.82, 2.24) is 0 Å². The summed E-state index contributed by atoms with van der Waals surface area (Å²) < 4.78 is 9.88. The number of carbonyl (C=O) groups is 1. The molecule has 0 aliphatic heterocycles. The Kier molecular flexibility index (Phi) is 6.33. The first-order valence-corrected chi connectivity index (χ1v) is 3.99. The van der Waals surface area contributed by atoms with Crippen molar-refractivity contribution in [3.05, 3.63) is 0 Å². The van der Waals surface area contributed by atoms with Crippen LogP contribution in [-0.4, -0.2) is 12.1 Å². The summed E-state index contributed by atoms with van der Waals surface area (Å²) >= 11 is 0. The molecule has 0 fully saturated rings. The van der Waals surface area contributed by atoms with E-state index in [-0.39, 0.29) is 8.46 Å². The molecule has 0 aliphatic carbocycles. The maximum atomic E-state index is 10.3. The van der Waals surface area contributed by atoms with Crippen molar-refractivity contribution < 1.29 is 14.2 Å². The zero-order valence-corrected chi connectivity index (χ0v) is 6.47. The van der Waals surface area contributed by atoms with Gasteiger partial charge in [0.05, 0.1) is 0 Å². The van der Waals surface area contributed by atoms with E-state index in [1.165, 1.54) is 0 Å². The Morgan fingerprint density at radius 3 is 2.70 bits per heavy atom. The molecule has 4 nitrogen and oxygen atoms in total. The third-order valence-electron chi connectivity index (χ3n) is 1.01. The third kappa shape index (κ3) is 5.66. The van der Waals surface area contributed by atoms with Crippen molar-refractivity contribution >= 4 is 14.4 Å². The van der Waals surface area contributed by atoms with E-state index in [1.807, 2.05) is 0 Å². The maximum absolute atomic E-state index is 10.3. The van der Waals surface area contributed by atoms with E-state index >= 15 is 0 Å². The van der Waals surface area contributed by atoms with Crippen molar-refractivity contribution in [3.63, 3.8) is 0 Å². The highest BCUT2D eigenvalue weighted by Gasteiger charge is 1.98. The fourth-order valence-corrected chi connectivity index (χ4v) is 0.857. The van der Waals surface area contributed by atoms with Crippen molar-refractivity contribution in [2.75, 3.05) is 6.16 Å². The number of nitrogens with two attached hydrogens (primary N) is 1. The normalized spacial score (nSPS) is 9.70. The van der Waals surface area contributed by atoms with Gasteiger partial charge in [0.1, 0.15) is 0 Å². The maximum Gasteiger partial charge on any atom is 0.324 e. The van der Waals surface area contributed by atoms with Gasteiger partial charge >= 0.3 is 5.97 Å². The van der Waals surface area contributed by atoms with Gasteiger partial charge < -0.3 is 4.84 Å². The van der Waals surface area contributed by atoms with Crippen molar-refractivity contribution in [2.24, 2.45) is 5.90 Å². The SMILES string of the molecule is NOC(=O)CCCCP=O. The molecular formula is C5H10NO3P. The predicted octanol–water partition coefficient (Wildman–Crippen LogP) is 0.865. The smallest absolute Gasteiger partial charge is 0.324 e. The average molecular weight is 163 g/mol. The van der Waals surface area contributed by atoms with Gasteiger partial charge in [-0.3, -0.25) is 9.36 Å². The lowest BCUT2D eigenvalue weighted by molar-refractivity contribution is -0.144. The second kappa shape index (κ2) is 6.65. The van der Waals surface area contributed by atoms with E-state index < -0.39 is 5.97 Å². The van der Waals surface area contributed by atoms with Gasteiger partial charge in [0, 0.05) is 12.6 Å². The molecule has 0 unspecified atom stereocenters. The van der Waals surface area contributed by atoms with Crippen LogP contribution < -0.4 is 5.90 Å². The first-order chi connectivity index (χ1) is 4.81. The summed E-state index contributed by atoms with van der Waals surface area (Å²) in [6.07, 6.45) is 2.36. The number of unbranched alkanes of at least 4 members (excludes halogenated alkanes) is 1. The Morgan fingerprint density at radius 1 is 1.50 bits per heavy atom. The third-order valence-corrected chi connectivity index (χ3v) is 1.51. The van der Waals surface area contributed by atoms with E-state index in [0.29, 0.717) is 19.0 Å². The molecule has 0 spiro atoms. The van der Waals surface area contributed by atoms with Crippen LogP contribution in [0.3, 0.4) is 0 Å². The molecule has 0 radical (unpaired) electrons. The molecule has 0 heterocycles. The molecule has 0 aromatic rings. The van der Waals surface area contributed by atoms with Gasteiger partial charge in [-0.05, 0) is 12.8 Å². The molecule has 0 aliphatic rings. The molecule has 0 aromatic heterocycles. The van der Waals surface area contributed by atoms with Crippen LogP contribution in [0.4, 0.5) is 0 Å². The number of carbonyl (C=O) groups excluding carboxylic acids is 1. The molecular weight excluding hydrogens is 153 g/mol. The lowest BCUT2D eigenvalue weighted by Crippen LogP contribution is -2.09. The largest absolute Gasteiger partial charge is 0.373 e. The van der Waals surface area contributed by atoms with E-state index in [2.05, 4.69) is 10.7 Å². The molecule has 5 heteroatoms. The van der Waals surface area contributed by atoms with Crippen molar-refractivity contribution in [2.45, 2.75) is 19.3 Å². The highest BCUT2D eigenvalue weighted by Crippen LogP contribution is 2.01. The highest BCUT2D eigenvalue weighted by molar-refractivity contribution is 7.23. The summed E-state index contributed by atoms with van der Waals surface area (Å²) in [4.78, 5) is 14.3. The summed E-state index contributed by atoms with van der Waals surface area (Å²) in [6.45, 7) is 0. The number of rotatable bonds is 5. The van der Waals surface area contributed by atoms with Crippen molar-refractivity contribution in [1.29, 1.82) is 0 Å². The van der Waals surface area contributed by atoms with Crippen LogP contribution in [0.15, 0.2) is 0 Å². The fourth-order valence-electron chi connectivity index (χ4n) is 0.505. The summed E-state index contributed by atoms with van der Waals surface area (Å²) in [7, 11) is 0.128. The Balaban J connectivity index is 3.03. The molecule has 0 saturated heterocycles. The van der Waals surface area contributed by atoms with Crippen molar-refractivity contribution in [3.8, 4) is 0 Å². The van der Waals surface area contributed by atoms with Crippen LogP contribution in [0.1, 0.15) is 19.3 Å². The summed E-state index contributed by atoms with van der Waals surface area (Å²) in [5.41, 5.74) is 0. The van der Waals surface area contributed by atoms with Gasteiger partial charge in [-0.15, -0.1) is 0 Å². The molecule has 0 aromatic carbocycles. The Bertz CT molecular complexity index is 117. The topological polar surface area (TPSA) is 69.4 Å². The van der Waals surface area contributed by atoms with Crippen LogP contribution in [0.2, 0.25) is 0 Å². The van der Waals surface area contributed by atoms with E-state index in [9.17, 15) is 9.36 Å². The van der Waals surface area contributed by atoms with Gasteiger partial charge in [0.2, 0.25) is 0 Å². The van der Waals surface area contributed by atoms with Gasteiger partial charge in [-0.25, -0.2) is 0 Å². The first kappa shape index (κ1) is 9.53. The van der Waals surface area contributed by atoms with Crippen LogP contribution in [-0.2, 0) is 14.2 Å². The lowest BCUT2D eigenvalue weighted by Gasteiger charge is -1.94. The molecule has 0 rings (SSSR count). The average Bonchev–Trinajstić information content (AvgIpc) is 1.98. The highest BCUT2D eigenvalue weighted by atomic mass is 31.1. The van der Waals surface area contributed by atoms with E-state index in [4.69, 9.17) is 0 Å². The molecule has 0 bridgehead atoms. The zero-order chi connectivity index (χ0) is 7.82. The minimum Gasteiger partial charge on any atom is -0.373 e. The zero-order valence-electron chi connectivity index (χ0n) is 5.58. The fraction of sp³-hybridized carbons (Fsp3) is 0.800. The van der Waals surface area contributed by atoms with Crippen LogP contribution >= 0.6 is 8.46 Å². The Morgan fingerprint density at radius 2 is 2.20 bits per heavy atom. The minimum atomic E-state index is -0.414. The lowest BCUT2D eigenvalue weighted by atomic mass is 10.2. The summed E-state index contributed by atoms with van der Waals surface area (Å²) in [5, 5.41) is 0. The van der Waals surface area contributed by atoms with Gasteiger partial charge in [0.15, 0.2) is 8.46 Å². The Labute approximate surface area is 60.9 Å². The monoisotopic (exact) mass is 163 g/mol. The quantitative estimate of drug-likeness (QED) is 0.371. The standard InChI is InChI=1S/C5H10NO3P/c6-9-5(7)3-1-2-4-10-8/h1-4,6H2. The number of hydrogen-bond acceptors (Lipinski definition) is 4. The Hall–Kier alpha value is -0.470. The molecule has 0 saturated carbocycles. The molecule has 10 heavy (non-hydrogen) atoms. The van der Waals surface area contributed by atoms with Crippen LogP contribution in [0.25, 0.3) is 0 Å². The van der Waals surface area contributed by atoms with E-state index in [1.54, 1.807) is 0 Å². The second-order valence-corrected chi connectivity index (χ2v) is 2.51. The van der Waals surface area contributed by atoms with Crippen LogP contribution in [0.5, 0.6) is 0 Å². The number of hydrogen-bond donors (Lipinski definition) is 1. The summed E-state index contributed by atoms with van der Waals surface area (Å²) in [6, 6.07) is 0. The molecule has 2 N–H and O–H groups in total. The second-order valence-electron chi connectivity index (χ2n) is 1.80. The summed E-state index contributed by atoms with van der Waals surface area (Å²) in [5.74, 6) is 4.16. The molecule has 58 valence electrons. The first-order valence-electron chi connectivity index (χ1n) is 3.00. The van der Waals surface area contributed by atoms with Gasteiger partial charge in [-0.2, -0.15) is 5.90 Å². The molecule has 0 atom stereocenters. The van der Waals surface area contributed by atoms with E-state index in [0.717, 1.165) is 6.42 Å².